The smallest absolute Gasteiger partial charge is 0.326 e. The third-order valence-electron chi connectivity index (χ3n) is 6.88. The summed E-state index contributed by atoms with van der Waals surface area (Å²) >= 11 is 0. The SMILES string of the molecule is O=C(C1CCCN(S(=O)(=O)c2ccccc2)C1)N1CCC(n2c(=O)[nH]c3ccccc32)CC1. The largest absolute Gasteiger partial charge is 0.342 e. The first-order valence-corrected chi connectivity index (χ1v) is 12.9. The molecule has 2 aliphatic rings. The Hall–Kier alpha value is -2.91. The molecule has 3 aromatic rings. The zero-order valence-corrected chi connectivity index (χ0v) is 19.2. The Labute approximate surface area is 192 Å². The van der Waals surface area contributed by atoms with Crippen LogP contribution in [0.25, 0.3) is 11.0 Å². The average Bonchev–Trinajstić information content (AvgIpc) is 3.20. The molecule has 174 valence electrons. The van der Waals surface area contributed by atoms with Crippen LogP contribution in [0.5, 0.6) is 0 Å². The van der Waals surface area contributed by atoms with Crippen molar-refractivity contribution in [1.29, 1.82) is 0 Å². The highest BCUT2D eigenvalue weighted by Gasteiger charge is 2.36. The fraction of sp³-hybridized carbons (Fsp3) is 0.417. The van der Waals surface area contributed by atoms with Gasteiger partial charge in [-0.2, -0.15) is 4.31 Å². The number of sulfonamides is 1. The second-order valence-corrected chi connectivity index (χ2v) is 10.8. The minimum atomic E-state index is -3.60. The van der Waals surface area contributed by atoms with Crippen LogP contribution in [0.15, 0.2) is 64.3 Å². The first-order chi connectivity index (χ1) is 15.9. The normalized spacial score (nSPS) is 20.8. The van der Waals surface area contributed by atoms with Gasteiger partial charge in [0.2, 0.25) is 15.9 Å². The Bertz CT molecular complexity index is 1310. The lowest BCUT2D eigenvalue weighted by Crippen LogP contribution is -2.49. The molecule has 33 heavy (non-hydrogen) atoms. The molecule has 2 aliphatic heterocycles. The van der Waals surface area contributed by atoms with Crippen molar-refractivity contribution in [3.05, 3.63) is 65.1 Å². The number of carbonyl (C=O) groups is 1. The summed E-state index contributed by atoms with van der Waals surface area (Å²) in [6.07, 6.45) is 2.77. The van der Waals surface area contributed by atoms with Gasteiger partial charge in [0.05, 0.1) is 21.8 Å². The Morgan fingerprint density at radius 1 is 0.909 bits per heavy atom. The van der Waals surface area contributed by atoms with Crippen LogP contribution in [0.4, 0.5) is 0 Å². The number of nitrogens with zero attached hydrogens (tertiary/aromatic N) is 3. The van der Waals surface area contributed by atoms with Crippen molar-refractivity contribution in [2.75, 3.05) is 26.2 Å². The summed E-state index contributed by atoms with van der Waals surface area (Å²) in [6.45, 7) is 1.79. The Morgan fingerprint density at radius 2 is 1.61 bits per heavy atom. The van der Waals surface area contributed by atoms with E-state index in [0.29, 0.717) is 45.3 Å². The number of likely N-dealkylation sites (tertiary alicyclic amines) is 1. The van der Waals surface area contributed by atoms with Crippen molar-refractivity contribution in [2.45, 2.75) is 36.6 Å². The summed E-state index contributed by atoms with van der Waals surface area (Å²) < 4.78 is 29.3. The molecule has 0 spiro atoms. The van der Waals surface area contributed by atoms with Gasteiger partial charge in [-0.15, -0.1) is 0 Å². The summed E-state index contributed by atoms with van der Waals surface area (Å²) in [5, 5.41) is 0. The van der Waals surface area contributed by atoms with Gasteiger partial charge in [0.1, 0.15) is 0 Å². The molecule has 1 atom stereocenters. The molecule has 8 nitrogen and oxygen atoms in total. The van der Waals surface area contributed by atoms with Gasteiger partial charge in [0.15, 0.2) is 0 Å². The number of rotatable bonds is 4. The molecule has 0 bridgehead atoms. The fourth-order valence-corrected chi connectivity index (χ4v) is 6.69. The van der Waals surface area contributed by atoms with E-state index in [9.17, 15) is 18.0 Å². The number of carbonyl (C=O) groups excluding carboxylic acids is 1. The predicted octanol–water partition coefficient (Wildman–Crippen LogP) is 2.59. The summed E-state index contributed by atoms with van der Waals surface area (Å²) in [4.78, 5) is 30.8. The number of amides is 1. The highest BCUT2D eigenvalue weighted by atomic mass is 32.2. The first kappa shape index (κ1) is 21.9. The lowest BCUT2D eigenvalue weighted by molar-refractivity contribution is -0.138. The van der Waals surface area contributed by atoms with E-state index in [0.717, 1.165) is 11.0 Å². The van der Waals surface area contributed by atoms with Crippen LogP contribution in [0, 0.1) is 5.92 Å². The molecule has 0 saturated carbocycles. The van der Waals surface area contributed by atoms with E-state index in [-0.39, 0.29) is 35.0 Å². The minimum Gasteiger partial charge on any atom is -0.342 e. The van der Waals surface area contributed by atoms with E-state index in [1.807, 2.05) is 33.7 Å². The van der Waals surface area contributed by atoms with Gasteiger partial charge in [-0.25, -0.2) is 13.2 Å². The molecular weight excluding hydrogens is 440 g/mol. The van der Waals surface area contributed by atoms with Crippen LogP contribution in [0.1, 0.15) is 31.7 Å². The number of imidazole rings is 1. The second kappa shape index (κ2) is 8.79. The first-order valence-electron chi connectivity index (χ1n) is 11.5. The number of para-hydroxylation sites is 2. The van der Waals surface area contributed by atoms with Crippen LogP contribution >= 0.6 is 0 Å². The lowest BCUT2D eigenvalue weighted by Gasteiger charge is -2.37. The van der Waals surface area contributed by atoms with Gasteiger partial charge >= 0.3 is 5.69 Å². The van der Waals surface area contributed by atoms with Crippen molar-refractivity contribution in [3.8, 4) is 0 Å². The number of piperidine rings is 2. The minimum absolute atomic E-state index is 0.0210. The number of benzene rings is 2. The van der Waals surface area contributed by atoms with Crippen molar-refractivity contribution >= 4 is 27.0 Å². The zero-order chi connectivity index (χ0) is 23.0. The zero-order valence-electron chi connectivity index (χ0n) is 18.4. The molecule has 3 heterocycles. The topological polar surface area (TPSA) is 95.5 Å². The summed E-state index contributed by atoms with van der Waals surface area (Å²) in [6, 6.07) is 16.1. The van der Waals surface area contributed by atoms with E-state index in [4.69, 9.17) is 0 Å². The molecule has 2 saturated heterocycles. The number of fused-ring (bicyclic) bond motifs is 1. The van der Waals surface area contributed by atoms with Gasteiger partial charge in [-0.05, 0) is 49.9 Å². The molecule has 5 rings (SSSR count). The van der Waals surface area contributed by atoms with Gasteiger partial charge in [0.25, 0.3) is 0 Å². The van der Waals surface area contributed by atoms with E-state index >= 15 is 0 Å². The Morgan fingerprint density at radius 3 is 2.36 bits per heavy atom. The molecule has 1 N–H and O–H groups in total. The van der Waals surface area contributed by atoms with Gasteiger partial charge in [-0.1, -0.05) is 30.3 Å². The van der Waals surface area contributed by atoms with Crippen molar-refractivity contribution in [3.63, 3.8) is 0 Å². The molecule has 0 aliphatic carbocycles. The summed E-state index contributed by atoms with van der Waals surface area (Å²) in [5.74, 6) is -0.308. The van der Waals surface area contributed by atoms with Crippen LogP contribution < -0.4 is 5.69 Å². The molecule has 2 fully saturated rings. The number of H-pyrrole nitrogens is 1. The maximum atomic E-state index is 13.3. The fourth-order valence-electron chi connectivity index (χ4n) is 5.14. The number of aromatic amines is 1. The molecule has 1 unspecified atom stereocenters. The molecule has 1 aromatic heterocycles. The standard InChI is InChI=1S/C24H28N4O4S/c29-23(18-7-6-14-27(17-18)33(31,32)20-8-2-1-3-9-20)26-15-12-19(13-16-26)28-22-11-5-4-10-21(22)25-24(28)30/h1-5,8-11,18-19H,6-7,12-17H2,(H,25,30). The van der Waals surface area contributed by atoms with E-state index in [2.05, 4.69) is 4.98 Å². The number of nitrogens with one attached hydrogen (secondary N) is 1. The van der Waals surface area contributed by atoms with Gasteiger partial charge in [-0.3, -0.25) is 9.36 Å². The number of hydrogen-bond acceptors (Lipinski definition) is 4. The van der Waals surface area contributed by atoms with Gasteiger partial charge < -0.3 is 9.88 Å². The third-order valence-corrected chi connectivity index (χ3v) is 8.76. The van der Waals surface area contributed by atoms with E-state index < -0.39 is 10.0 Å². The number of hydrogen-bond donors (Lipinski definition) is 1. The van der Waals surface area contributed by atoms with Crippen molar-refractivity contribution < 1.29 is 13.2 Å². The molecule has 1 amide bonds. The summed E-state index contributed by atoms with van der Waals surface area (Å²) in [5.41, 5.74) is 1.60. The Balaban J connectivity index is 1.25. The maximum Gasteiger partial charge on any atom is 0.326 e. The summed E-state index contributed by atoms with van der Waals surface area (Å²) in [7, 11) is -3.60. The highest BCUT2D eigenvalue weighted by molar-refractivity contribution is 7.89. The van der Waals surface area contributed by atoms with Crippen molar-refractivity contribution in [1.82, 2.24) is 18.8 Å². The predicted molar refractivity (Wildman–Crippen MR) is 125 cm³/mol. The molecule has 2 aromatic carbocycles. The van der Waals surface area contributed by atoms with Crippen LogP contribution in [-0.4, -0.2) is 59.3 Å². The maximum absolute atomic E-state index is 13.3. The van der Waals surface area contributed by atoms with Gasteiger partial charge in [0, 0.05) is 32.2 Å². The average molecular weight is 469 g/mol. The van der Waals surface area contributed by atoms with E-state index in [1.54, 1.807) is 30.3 Å². The molecular formula is C24H28N4O4S. The van der Waals surface area contributed by atoms with Crippen molar-refractivity contribution in [2.24, 2.45) is 5.92 Å². The van der Waals surface area contributed by atoms with Crippen LogP contribution in [0.2, 0.25) is 0 Å². The molecule has 0 radical (unpaired) electrons. The number of aromatic nitrogens is 2. The third kappa shape index (κ3) is 4.11. The molecule has 9 heteroatoms. The quantitative estimate of drug-likeness (QED) is 0.637. The second-order valence-electron chi connectivity index (χ2n) is 8.89. The van der Waals surface area contributed by atoms with Crippen LogP contribution in [-0.2, 0) is 14.8 Å². The highest BCUT2D eigenvalue weighted by Crippen LogP contribution is 2.29. The Kier molecular flexibility index (Phi) is 5.84. The monoisotopic (exact) mass is 468 g/mol. The van der Waals surface area contributed by atoms with E-state index in [1.165, 1.54) is 4.31 Å². The lowest BCUT2D eigenvalue weighted by atomic mass is 9.96. The van der Waals surface area contributed by atoms with Crippen LogP contribution in [0.3, 0.4) is 0 Å².